The van der Waals surface area contributed by atoms with Gasteiger partial charge in [-0.1, -0.05) is 18.2 Å². The van der Waals surface area contributed by atoms with Crippen LogP contribution in [0.5, 0.6) is 5.75 Å². The minimum atomic E-state index is -0.0831. The number of nitrogens with one attached hydrogen (secondary N) is 2. The summed E-state index contributed by atoms with van der Waals surface area (Å²) >= 11 is 1.70. The Kier molecular flexibility index (Phi) is 5.58. The van der Waals surface area contributed by atoms with E-state index in [1.807, 2.05) is 49.5 Å². The van der Waals surface area contributed by atoms with Crippen LogP contribution in [0.1, 0.15) is 39.7 Å². The third-order valence-corrected chi connectivity index (χ3v) is 6.01. The summed E-state index contributed by atoms with van der Waals surface area (Å²) in [5.74, 6) is 0.607. The molecule has 2 heterocycles. The highest BCUT2D eigenvalue weighted by Crippen LogP contribution is 2.40. The quantitative estimate of drug-likeness (QED) is 0.600. The van der Waals surface area contributed by atoms with E-state index in [-0.39, 0.29) is 5.91 Å². The molecular formula is C22H23N3O2S. The van der Waals surface area contributed by atoms with Gasteiger partial charge in [-0.25, -0.2) is 0 Å². The van der Waals surface area contributed by atoms with Crippen LogP contribution in [-0.4, -0.2) is 17.5 Å². The van der Waals surface area contributed by atoms with Crippen molar-refractivity contribution >= 4 is 27.9 Å². The third-order valence-electron chi connectivity index (χ3n) is 4.76. The zero-order valence-corrected chi connectivity index (χ0v) is 16.6. The number of pyridine rings is 1. The molecule has 0 bridgehead atoms. The van der Waals surface area contributed by atoms with E-state index in [0.717, 1.165) is 35.4 Å². The van der Waals surface area contributed by atoms with Gasteiger partial charge in [-0.2, -0.15) is 0 Å². The maximum atomic E-state index is 13.2. The number of thiophene rings is 1. The minimum absolute atomic E-state index is 0.0831. The Bertz CT molecular complexity index is 969. The topological polar surface area (TPSA) is 63.2 Å². The van der Waals surface area contributed by atoms with Gasteiger partial charge in [0.25, 0.3) is 5.91 Å². The Balaban J connectivity index is 1.59. The number of amides is 1. The first-order valence-electron chi connectivity index (χ1n) is 9.56. The average Bonchev–Trinajstić information content (AvgIpc) is 3.29. The minimum Gasteiger partial charge on any atom is -0.492 e. The third kappa shape index (κ3) is 3.87. The largest absolute Gasteiger partial charge is 0.492 e. The maximum Gasteiger partial charge on any atom is 0.259 e. The summed E-state index contributed by atoms with van der Waals surface area (Å²) in [6, 6.07) is 11.5. The van der Waals surface area contributed by atoms with E-state index in [2.05, 4.69) is 15.6 Å². The van der Waals surface area contributed by atoms with Crippen molar-refractivity contribution in [2.75, 3.05) is 17.2 Å². The van der Waals surface area contributed by atoms with Gasteiger partial charge in [0.05, 0.1) is 17.9 Å². The van der Waals surface area contributed by atoms with Crippen LogP contribution < -0.4 is 15.4 Å². The molecule has 1 amide bonds. The predicted molar refractivity (Wildman–Crippen MR) is 113 cm³/mol. The van der Waals surface area contributed by atoms with Gasteiger partial charge in [0.2, 0.25) is 0 Å². The van der Waals surface area contributed by atoms with Gasteiger partial charge in [0, 0.05) is 23.8 Å². The second kappa shape index (κ2) is 8.44. The molecular weight excluding hydrogens is 370 g/mol. The molecule has 6 heteroatoms. The molecule has 1 aliphatic carbocycles. The Morgan fingerprint density at radius 1 is 1.21 bits per heavy atom. The number of hydrogen-bond donors (Lipinski definition) is 2. The van der Waals surface area contributed by atoms with Gasteiger partial charge in [-0.05, 0) is 55.5 Å². The van der Waals surface area contributed by atoms with E-state index in [4.69, 9.17) is 4.74 Å². The van der Waals surface area contributed by atoms with Crippen molar-refractivity contribution < 1.29 is 9.53 Å². The normalized spacial score (nSPS) is 12.5. The molecule has 1 aromatic carbocycles. The van der Waals surface area contributed by atoms with Gasteiger partial charge in [-0.15, -0.1) is 11.3 Å². The van der Waals surface area contributed by atoms with Gasteiger partial charge in [-0.3, -0.25) is 9.78 Å². The Morgan fingerprint density at radius 2 is 2.11 bits per heavy atom. The number of nitrogens with zero attached hydrogens (tertiary/aromatic N) is 1. The molecule has 2 N–H and O–H groups in total. The number of fused-ring (bicyclic) bond motifs is 1. The van der Waals surface area contributed by atoms with Crippen LogP contribution in [0.25, 0.3) is 0 Å². The molecule has 28 heavy (non-hydrogen) atoms. The number of carbonyl (C=O) groups is 1. The maximum absolute atomic E-state index is 13.2. The van der Waals surface area contributed by atoms with E-state index in [1.165, 1.54) is 10.4 Å². The molecule has 0 aliphatic heterocycles. The molecule has 4 rings (SSSR count). The summed E-state index contributed by atoms with van der Waals surface area (Å²) in [7, 11) is 0. The van der Waals surface area contributed by atoms with Crippen LogP contribution in [0, 0.1) is 0 Å². The number of aryl methyl sites for hydroxylation is 1. The van der Waals surface area contributed by atoms with Crippen molar-refractivity contribution in [1.29, 1.82) is 0 Å². The van der Waals surface area contributed by atoms with Crippen LogP contribution in [0.4, 0.5) is 10.7 Å². The van der Waals surface area contributed by atoms with Gasteiger partial charge in [0.15, 0.2) is 0 Å². The van der Waals surface area contributed by atoms with Crippen molar-refractivity contribution in [1.82, 2.24) is 4.98 Å². The number of ether oxygens (including phenoxy) is 1. The highest BCUT2D eigenvalue weighted by molar-refractivity contribution is 7.16. The summed E-state index contributed by atoms with van der Waals surface area (Å²) in [4.78, 5) is 18.7. The van der Waals surface area contributed by atoms with Gasteiger partial charge >= 0.3 is 0 Å². The highest BCUT2D eigenvalue weighted by Gasteiger charge is 2.27. The van der Waals surface area contributed by atoms with Crippen LogP contribution >= 0.6 is 11.3 Å². The molecule has 3 aromatic rings. The zero-order chi connectivity index (χ0) is 19.3. The molecule has 0 saturated carbocycles. The molecule has 5 nitrogen and oxygen atoms in total. The molecule has 2 aromatic heterocycles. The zero-order valence-electron chi connectivity index (χ0n) is 15.8. The molecule has 0 fully saturated rings. The fourth-order valence-electron chi connectivity index (χ4n) is 3.49. The molecule has 0 unspecified atom stereocenters. The number of carbonyl (C=O) groups excluding carboxylic acids is 1. The summed E-state index contributed by atoms with van der Waals surface area (Å²) in [6.07, 6.45) is 6.71. The van der Waals surface area contributed by atoms with Gasteiger partial charge in [0.1, 0.15) is 10.8 Å². The Morgan fingerprint density at radius 3 is 2.93 bits per heavy atom. The van der Waals surface area contributed by atoms with E-state index in [0.29, 0.717) is 24.6 Å². The van der Waals surface area contributed by atoms with Crippen molar-refractivity contribution in [3.8, 4) is 5.75 Å². The molecule has 144 valence electrons. The van der Waals surface area contributed by atoms with Crippen molar-refractivity contribution in [3.05, 3.63) is 70.4 Å². The first kappa shape index (κ1) is 18.5. The standard InChI is InChI=1S/C22H23N3O2S/c1-2-27-18-10-4-3-9-17(18)25-21(26)20-16-8-5-11-19(16)28-22(20)24-14-15-7-6-12-23-13-15/h3-4,6-7,9-10,12-13,24H,2,5,8,11,14H2,1H3,(H,25,26). The Hall–Kier alpha value is -2.86. The number of hydrogen-bond acceptors (Lipinski definition) is 5. The monoisotopic (exact) mass is 393 g/mol. The van der Waals surface area contributed by atoms with Crippen molar-refractivity contribution in [2.45, 2.75) is 32.7 Å². The lowest BCUT2D eigenvalue weighted by molar-refractivity contribution is 0.102. The smallest absolute Gasteiger partial charge is 0.259 e. The first-order valence-corrected chi connectivity index (χ1v) is 10.4. The number of benzene rings is 1. The Labute approximate surface area is 168 Å². The van der Waals surface area contributed by atoms with Crippen LogP contribution in [0.15, 0.2) is 48.8 Å². The highest BCUT2D eigenvalue weighted by atomic mass is 32.1. The summed E-state index contributed by atoms with van der Waals surface area (Å²) in [5.41, 5.74) is 3.74. The second-order valence-electron chi connectivity index (χ2n) is 6.66. The molecule has 0 spiro atoms. The van der Waals surface area contributed by atoms with Crippen LogP contribution in [0.2, 0.25) is 0 Å². The van der Waals surface area contributed by atoms with Crippen molar-refractivity contribution in [3.63, 3.8) is 0 Å². The second-order valence-corrected chi connectivity index (χ2v) is 7.76. The van der Waals surface area contributed by atoms with E-state index in [9.17, 15) is 4.79 Å². The van der Waals surface area contributed by atoms with Crippen molar-refractivity contribution in [2.24, 2.45) is 0 Å². The average molecular weight is 394 g/mol. The summed E-state index contributed by atoms with van der Waals surface area (Å²) in [6.45, 7) is 3.13. The molecule has 0 radical (unpaired) electrons. The summed E-state index contributed by atoms with van der Waals surface area (Å²) < 4.78 is 5.65. The number of anilines is 2. The summed E-state index contributed by atoms with van der Waals surface area (Å²) in [5, 5.41) is 7.44. The number of para-hydroxylation sites is 2. The SMILES string of the molecule is CCOc1ccccc1NC(=O)c1c(NCc2cccnc2)sc2c1CCC2. The van der Waals surface area contributed by atoms with Crippen LogP contribution in [0.3, 0.4) is 0 Å². The van der Waals surface area contributed by atoms with Crippen LogP contribution in [-0.2, 0) is 19.4 Å². The van der Waals surface area contributed by atoms with Gasteiger partial charge < -0.3 is 15.4 Å². The molecule has 1 aliphatic rings. The van der Waals surface area contributed by atoms with E-state index < -0.39 is 0 Å². The lowest BCUT2D eigenvalue weighted by Gasteiger charge is -2.13. The molecule has 0 atom stereocenters. The fraction of sp³-hybridized carbons (Fsp3) is 0.273. The lowest BCUT2D eigenvalue weighted by atomic mass is 10.1. The predicted octanol–water partition coefficient (Wildman–Crippen LogP) is 4.89. The fourth-order valence-corrected chi connectivity index (χ4v) is 4.77. The van der Waals surface area contributed by atoms with E-state index in [1.54, 1.807) is 17.5 Å². The first-order chi connectivity index (χ1) is 13.8. The number of aromatic nitrogens is 1. The van der Waals surface area contributed by atoms with E-state index >= 15 is 0 Å². The molecule has 0 saturated heterocycles. The lowest BCUT2D eigenvalue weighted by Crippen LogP contribution is -2.16. The number of rotatable bonds is 7.